The van der Waals surface area contributed by atoms with E-state index in [2.05, 4.69) is 0 Å². The van der Waals surface area contributed by atoms with E-state index >= 15 is 0 Å². The summed E-state index contributed by atoms with van der Waals surface area (Å²) in [4.78, 5) is 0. The smallest absolute Gasteiger partial charge is 0.161 e. The first kappa shape index (κ1) is 14.7. The Balaban J connectivity index is 2.10. The van der Waals surface area contributed by atoms with Crippen molar-refractivity contribution in [2.24, 2.45) is 0 Å². The first-order valence-electron chi connectivity index (χ1n) is 6.37. The molecule has 20 heavy (non-hydrogen) atoms. The maximum atomic E-state index is 9.54. The average Bonchev–Trinajstić information content (AvgIpc) is 2.50. The number of ether oxygens (including phenoxy) is 2. The van der Waals surface area contributed by atoms with Crippen LogP contribution in [0.25, 0.3) is 0 Å². The van der Waals surface area contributed by atoms with E-state index in [0.717, 1.165) is 5.56 Å². The van der Waals surface area contributed by atoms with Gasteiger partial charge in [0.2, 0.25) is 0 Å². The second kappa shape index (κ2) is 7.17. The van der Waals surface area contributed by atoms with Crippen molar-refractivity contribution in [2.75, 3.05) is 20.3 Å². The monoisotopic (exact) mass is 292 g/mol. The van der Waals surface area contributed by atoms with Gasteiger partial charge in [0.15, 0.2) is 11.5 Å². The van der Waals surface area contributed by atoms with Gasteiger partial charge in [0, 0.05) is 10.9 Å². The van der Waals surface area contributed by atoms with Gasteiger partial charge in [-0.25, -0.2) is 0 Å². The van der Waals surface area contributed by atoms with E-state index in [0.29, 0.717) is 23.1 Å². The van der Waals surface area contributed by atoms with Gasteiger partial charge in [-0.2, -0.15) is 0 Å². The van der Waals surface area contributed by atoms with Gasteiger partial charge in [0.1, 0.15) is 0 Å². The molecule has 0 radical (unpaired) electrons. The van der Waals surface area contributed by atoms with Crippen molar-refractivity contribution in [3.05, 3.63) is 59.1 Å². The molecule has 2 aromatic carbocycles. The molecule has 4 heteroatoms. The normalized spacial score (nSPS) is 11.9. The summed E-state index contributed by atoms with van der Waals surface area (Å²) >= 11 is 6.15. The van der Waals surface area contributed by atoms with E-state index in [4.69, 9.17) is 21.1 Å². The Bertz CT molecular complexity index is 557. The average molecular weight is 293 g/mol. The number of benzene rings is 2. The van der Waals surface area contributed by atoms with Crippen LogP contribution in [0.3, 0.4) is 0 Å². The molecule has 3 nitrogen and oxygen atoms in total. The van der Waals surface area contributed by atoms with Gasteiger partial charge in [-0.3, -0.25) is 0 Å². The molecule has 0 bridgehead atoms. The Morgan fingerprint density at radius 3 is 2.35 bits per heavy atom. The van der Waals surface area contributed by atoms with Crippen molar-refractivity contribution in [2.45, 2.75) is 5.92 Å². The molecular formula is C16H17ClO3. The predicted octanol–water partition coefficient (Wildman–Crippen LogP) is 3.50. The minimum Gasteiger partial charge on any atom is -0.493 e. The minimum absolute atomic E-state index is 0.0289. The summed E-state index contributed by atoms with van der Waals surface area (Å²) < 4.78 is 11.0. The molecule has 0 saturated carbocycles. The summed E-state index contributed by atoms with van der Waals surface area (Å²) in [5.41, 5.74) is 0.881. The first-order valence-corrected chi connectivity index (χ1v) is 6.75. The lowest BCUT2D eigenvalue weighted by Gasteiger charge is -2.18. The van der Waals surface area contributed by atoms with E-state index in [1.807, 2.05) is 48.5 Å². The third kappa shape index (κ3) is 3.44. The lowest BCUT2D eigenvalue weighted by Crippen LogP contribution is -2.15. The maximum Gasteiger partial charge on any atom is 0.161 e. The van der Waals surface area contributed by atoms with Crippen LogP contribution < -0.4 is 9.47 Å². The van der Waals surface area contributed by atoms with Crippen LogP contribution in [-0.2, 0) is 0 Å². The summed E-state index contributed by atoms with van der Waals surface area (Å²) in [6, 6.07) is 14.9. The van der Waals surface area contributed by atoms with Crippen LogP contribution in [0.1, 0.15) is 11.5 Å². The van der Waals surface area contributed by atoms with Gasteiger partial charge in [-0.15, -0.1) is 0 Å². The zero-order valence-corrected chi connectivity index (χ0v) is 12.0. The van der Waals surface area contributed by atoms with Crippen LogP contribution in [0.15, 0.2) is 48.5 Å². The molecule has 1 N–H and O–H groups in total. The number of methoxy groups -OCH3 is 1. The molecule has 0 saturated heterocycles. The molecule has 1 unspecified atom stereocenters. The zero-order chi connectivity index (χ0) is 14.4. The van der Waals surface area contributed by atoms with Crippen molar-refractivity contribution < 1.29 is 14.6 Å². The highest BCUT2D eigenvalue weighted by Crippen LogP contribution is 2.29. The van der Waals surface area contributed by atoms with Crippen molar-refractivity contribution >= 4 is 11.6 Å². The molecule has 0 heterocycles. The lowest BCUT2D eigenvalue weighted by molar-refractivity contribution is 0.201. The minimum atomic E-state index is -0.173. The van der Waals surface area contributed by atoms with Crippen molar-refractivity contribution in [3.8, 4) is 11.5 Å². The Kier molecular flexibility index (Phi) is 5.27. The van der Waals surface area contributed by atoms with E-state index in [9.17, 15) is 5.11 Å². The quantitative estimate of drug-likeness (QED) is 0.885. The highest BCUT2D eigenvalue weighted by atomic mass is 35.5. The molecule has 0 aromatic heterocycles. The van der Waals surface area contributed by atoms with Crippen LogP contribution in [0.4, 0.5) is 0 Å². The molecule has 1 atom stereocenters. The molecule has 0 spiro atoms. The summed E-state index contributed by atoms with van der Waals surface area (Å²) in [6.07, 6.45) is 0. The second-order valence-electron chi connectivity index (χ2n) is 4.36. The molecule has 0 amide bonds. The van der Waals surface area contributed by atoms with E-state index in [1.165, 1.54) is 0 Å². The standard InChI is InChI=1S/C16H17ClO3/c1-19-15-8-4-5-9-16(15)20-11-12(10-18)13-6-2-3-7-14(13)17/h2-9,12,18H,10-11H2,1H3. The van der Waals surface area contributed by atoms with E-state index in [-0.39, 0.29) is 12.5 Å². The first-order chi connectivity index (χ1) is 9.76. The number of para-hydroxylation sites is 2. The number of rotatable bonds is 6. The van der Waals surface area contributed by atoms with Crippen LogP contribution in [0.2, 0.25) is 5.02 Å². The van der Waals surface area contributed by atoms with Gasteiger partial charge in [-0.1, -0.05) is 41.9 Å². The predicted molar refractivity (Wildman–Crippen MR) is 79.8 cm³/mol. The third-order valence-corrected chi connectivity index (χ3v) is 3.42. The molecule has 0 fully saturated rings. The fourth-order valence-electron chi connectivity index (χ4n) is 1.98. The SMILES string of the molecule is COc1ccccc1OCC(CO)c1ccccc1Cl. The largest absolute Gasteiger partial charge is 0.493 e. The van der Waals surface area contributed by atoms with Gasteiger partial charge >= 0.3 is 0 Å². The highest BCUT2D eigenvalue weighted by molar-refractivity contribution is 6.31. The van der Waals surface area contributed by atoms with E-state index in [1.54, 1.807) is 7.11 Å². The number of hydrogen-bond donors (Lipinski definition) is 1. The van der Waals surface area contributed by atoms with Crippen LogP contribution in [0.5, 0.6) is 11.5 Å². The fraction of sp³-hybridized carbons (Fsp3) is 0.250. The Hall–Kier alpha value is -1.71. The van der Waals surface area contributed by atoms with Crippen LogP contribution in [0, 0.1) is 0 Å². The van der Waals surface area contributed by atoms with Gasteiger partial charge < -0.3 is 14.6 Å². The van der Waals surface area contributed by atoms with E-state index < -0.39 is 0 Å². The second-order valence-corrected chi connectivity index (χ2v) is 4.77. The number of halogens is 1. The summed E-state index contributed by atoms with van der Waals surface area (Å²) in [5, 5.41) is 10.2. The molecule has 2 rings (SSSR count). The zero-order valence-electron chi connectivity index (χ0n) is 11.3. The maximum absolute atomic E-state index is 9.54. The highest BCUT2D eigenvalue weighted by Gasteiger charge is 2.15. The Morgan fingerprint density at radius 1 is 1.05 bits per heavy atom. The number of aliphatic hydroxyl groups is 1. The van der Waals surface area contributed by atoms with Crippen LogP contribution >= 0.6 is 11.6 Å². The number of hydrogen-bond acceptors (Lipinski definition) is 3. The number of aliphatic hydroxyl groups excluding tert-OH is 1. The van der Waals surface area contributed by atoms with Crippen molar-refractivity contribution in [1.29, 1.82) is 0 Å². The topological polar surface area (TPSA) is 38.7 Å². The van der Waals surface area contributed by atoms with Crippen molar-refractivity contribution in [1.82, 2.24) is 0 Å². The molecule has 0 aliphatic carbocycles. The van der Waals surface area contributed by atoms with Crippen LogP contribution in [-0.4, -0.2) is 25.4 Å². The van der Waals surface area contributed by atoms with Gasteiger partial charge in [0.25, 0.3) is 0 Å². The van der Waals surface area contributed by atoms with Gasteiger partial charge in [0.05, 0.1) is 20.3 Å². The molecule has 0 aliphatic heterocycles. The Labute approximate surface area is 123 Å². The third-order valence-electron chi connectivity index (χ3n) is 3.07. The molecule has 2 aromatic rings. The van der Waals surface area contributed by atoms with Crippen molar-refractivity contribution in [3.63, 3.8) is 0 Å². The summed E-state index contributed by atoms with van der Waals surface area (Å²) in [5.74, 6) is 1.15. The molecule has 106 valence electrons. The lowest BCUT2D eigenvalue weighted by atomic mass is 10.0. The summed E-state index contributed by atoms with van der Waals surface area (Å²) in [6.45, 7) is 0.305. The fourth-order valence-corrected chi connectivity index (χ4v) is 2.27. The molecule has 0 aliphatic rings. The Morgan fingerprint density at radius 2 is 1.70 bits per heavy atom. The molecular weight excluding hydrogens is 276 g/mol. The van der Waals surface area contributed by atoms with Gasteiger partial charge in [-0.05, 0) is 23.8 Å². The summed E-state index contributed by atoms with van der Waals surface area (Å²) in [7, 11) is 1.60.